The van der Waals surface area contributed by atoms with Gasteiger partial charge in [-0.1, -0.05) is 13.8 Å². The number of nitrogens with one attached hydrogen (secondary N) is 1. The van der Waals surface area contributed by atoms with E-state index in [0.29, 0.717) is 24.4 Å². The maximum Gasteiger partial charge on any atom is 0.265 e. The van der Waals surface area contributed by atoms with Crippen molar-refractivity contribution in [3.05, 3.63) is 48.0 Å². The predicted molar refractivity (Wildman–Crippen MR) is 108 cm³/mol. The van der Waals surface area contributed by atoms with Gasteiger partial charge in [0.05, 0.1) is 22.2 Å². The molecule has 1 unspecified atom stereocenters. The lowest BCUT2D eigenvalue weighted by Gasteiger charge is -2.20. The van der Waals surface area contributed by atoms with E-state index < -0.39 is 22.0 Å². The Labute approximate surface area is 170 Å². The average molecular weight is 417 g/mol. The number of ether oxygens (including phenoxy) is 1. The van der Waals surface area contributed by atoms with Crippen molar-refractivity contribution in [2.75, 3.05) is 18.4 Å². The molecule has 2 aromatic rings. The van der Waals surface area contributed by atoms with Gasteiger partial charge >= 0.3 is 0 Å². The molecule has 0 spiro atoms. The Bertz CT molecular complexity index is 1010. The zero-order chi connectivity index (χ0) is 21.6. The number of benzene rings is 2. The summed E-state index contributed by atoms with van der Waals surface area (Å²) >= 11 is 0. The van der Waals surface area contributed by atoms with Crippen LogP contribution in [0.5, 0.6) is 11.5 Å². The first kappa shape index (κ1) is 22.2. The number of anilines is 1. The molecule has 8 nitrogen and oxygen atoms in total. The van der Waals surface area contributed by atoms with Crippen LogP contribution < -0.4 is 10.1 Å². The van der Waals surface area contributed by atoms with Gasteiger partial charge in [0, 0.05) is 13.1 Å². The minimum atomic E-state index is -3.74. The van der Waals surface area contributed by atoms with Gasteiger partial charge in [-0.05, 0) is 49.4 Å². The Hall–Kier alpha value is -3.09. The molecule has 29 heavy (non-hydrogen) atoms. The molecule has 0 fully saturated rings. The smallest absolute Gasteiger partial charge is 0.265 e. The van der Waals surface area contributed by atoms with Gasteiger partial charge in [-0.2, -0.15) is 9.57 Å². The molecule has 0 saturated carbocycles. The van der Waals surface area contributed by atoms with Crippen LogP contribution in [0.25, 0.3) is 0 Å². The summed E-state index contributed by atoms with van der Waals surface area (Å²) in [6.45, 7) is 5.58. The molecule has 0 aliphatic heterocycles. The molecular formula is C20H23N3O5S. The summed E-state index contributed by atoms with van der Waals surface area (Å²) in [4.78, 5) is 12.4. The van der Waals surface area contributed by atoms with Gasteiger partial charge in [0.2, 0.25) is 10.0 Å². The van der Waals surface area contributed by atoms with Crippen LogP contribution in [0.1, 0.15) is 26.3 Å². The van der Waals surface area contributed by atoms with Crippen LogP contribution in [0.15, 0.2) is 47.4 Å². The predicted octanol–water partition coefficient (Wildman–Crippen LogP) is 2.70. The maximum absolute atomic E-state index is 12.7. The van der Waals surface area contributed by atoms with E-state index in [-0.39, 0.29) is 16.3 Å². The van der Waals surface area contributed by atoms with E-state index in [1.807, 2.05) is 6.07 Å². The molecule has 2 aromatic carbocycles. The third kappa shape index (κ3) is 5.25. The minimum absolute atomic E-state index is 0.0292. The number of rotatable bonds is 8. The van der Waals surface area contributed by atoms with Gasteiger partial charge < -0.3 is 15.2 Å². The third-order valence-corrected chi connectivity index (χ3v) is 6.28. The van der Waals surface area contributed by atoms with Crippen molar-refractivity contribution >= 4 is 21.6 Å². The molecule has 0 radical (unpaired) electrons. The summed E-state index contributed by atoms with van der Waals surface area (Å²) in [6.07, 6.45) is -0.926. The second kappa shape index (κ2) is 9.41. The van der Waals surface area contributed by atoms with Crippen LogP contribution in [-0.2, 0) is 14.8 Å². The summed E-state index contributed by atoms with van der Waals surface area (Å²) in [5.74, 6) is -0.432. The highest BCUT2D eigenvalue weighted by Crippen LogP contribution is 2.28. The Morgan fingerprint density at radius 1 is 1.21 bits per heavy atom. The Kier molecular flexibility index (Phi) is 7.20. The van der Waals surface area contributed by atoms with Crippen LogP contribution in [0.2, 0.25) is 0 Å². The van der Waals surface area contributed by atoms with Crippen LogP contribution >= 0.6 is 0 Å². The molecule has 9 heteroatoms. The molecule has 1 amide bonds. The van der Waals surface area contributed by atoms with Crippen LogP contribution in [0.3, 0.4) is 0 Å². The zero-order valence-corrected chi connectivity index (χ0v) is 17.2. The van der Waals surface area contributed by atoms with Crippen molar-refractivity contribution in [2.45, 2.75) is 31.8 Å². The SMILES string of the molecule is CCN(CC)S(=O)(=O)c1ccc(O)c(NC(=O)C(C)Oc2ccc(C#N)cc2)c1. The summed E-state index contributed by atoms with van der Waals surface area (Å²) in [7, 11) is -3.74. The van der Waals surface area contributed by atoms with Gasteiger partial charge in [0.1, 0.15) is 11.5 Å². The molecule has 154 valence electrons. The normalized spacial score (nSPS) is 12.2. The van der Waals surface area contributed by atoms with Crippen LogP contribution in [0.4, 0.5) is 5.69 Å². The first-order valence-corrected chi connectivity index (χ1v) is 10.5. The maximum atomic E-state index is 12.7. The Morgan fingerprint density at radius 3 is 2.38 bits per heavy atom. The molecule has 0 aliphatic carbocycles. The first-order valence-electron chi connectivity index (χ1n) is 9.03. The summed E-state index contributed by atoms with van der Waals surface area (Å²) < 4.78 is 32.1. The highest BCUT2D eigenvalue weighted by atomic mass is 32.2. The molecule has 0 aliphatic rings. The second-order valence-electron chi connectivity index (χ2n) is 6.15. The fraction of sp³-hybridized carbons (Fsp3) is 0.300. The zero-order valence-electron chi connectivity index (χ0n) is 16.4. The largest absolute Gasteiger partial charge is 0.506 e. The van der Waals surface area contributed by atoms with E-state index in [1.54, 1.807) is 38.1 Å². The molecule has 0 bridgehead atoms. The molecule has 0 heterocycles. The van der Waals surface area contributed by atoms with Gasteiger partial charge in [-0.25, -0.2) is 8.42 Å². The van der Waals surface area contributed by atoms with E-state index in [0.717, 1.165) is 0 Å². The van der Waals surface area contributed by atoms with E-state index >= 15 is 0 Å². The lowest BCUT2D eigenvalue weighted by molar-refractivity contribution is -0.122. The fourth-order valence-corrected chi connectivity index (χ4v) is 4.07. The van der Waals surface area contributed by atoms with E-state index in [1.165, 1.54) is 29.4 Å². The Balaban J connectivity index is 2.17. The standard InChI is InChI=1S/C20H23N3O5S/c1-4-23(5-2)29(26,27)17-10-11-19(24)18(12-17)22-20(25)14(3)28-16-8-6-15(13-21)7-9-16/h6-12,14,24H,4-5H2,1-3H3,(H,22,25). The highest BCUT2D eigenvalue weighted by molar-refractivity contribution is 7.89. The monoisotopic (exact) mass is 417 g/mol. The number of carbonyl (C=O) groups excluding carboxylic acids is 1. The average Bonchev–Trinajstić information content (AvgIpc) is 2.70. The fourth-order valence-electron chi connectivity index (χ4n) is 2.59. The number of amides is 1. The third-order valence-electron chi connectivity index (χ3n) is 4.23. The molecular weight excluding hydrogens is 394 g/mol. The number of aromatic hydroxyl groups is 1. The number of nitrogens with zero attached hydrogens (tertiary/aromatic N) is 2. The summed E-state index contributed by atoms with van der Waals surface area (Å²) in [5, 5.41) is 21.3. The van der Waals surface area contributed by atoms with Crippen LogP contribution in [-0.4, -0.2) is 42.9 Å². The molecule has 2 N–H and O–H groups in total. The van der Waals surface area contributed by atoms with Crippen molar-refractivity contribution < 1.29 is 23.1 Å². The Morgan fingerprint density at radius 2 is 1.83 bits per heavy atom. The van der Waals surface area contributed by atoms with Crippen molar-refractivity contribution in [1.29, 1.82) is 5.26 Å². The summed E-state index contributed by atoms with van der Waals surface area (Å²) in [6, 6.07) is 12.0. The number of phenolic OH excluding ortho intramolecular Hbond substituents is 1. The molecule has 0 saturated heterocycles. The lowest BCUT2D eigenvalue weighted by atomic mass is 10.2. The van der Waals surface area contributed by atoms with E-state index in [2.05, 4.69) is 5.32 Å². The van der Waals surface area contributed by atoms with Crippen molar-refractivity contribution in [1.82, 2.24) is 4.31 Å². The van der Waals surface area contributed by atoms with Crippen molar-refractivity contribution in [3.63, 3.8) is 0 Å². The van der Waals surface area contributed by atoms with E-state index in [9.17, 15) is 18.3 Å². The van der Waals surface area contributed by atoms with E-state index in [4.69, 9.17) is 10.00 Å². The number of carbonyl (C=O) groups is 1. The molecule has 0 aromatic heterocycles. The van der Waals surface area contributed by atoms with Gasteiger partial charge in [0.25, 0.3) is 5.91 Å². The van der Waals surface area contributed by atoms with Gasteiger partial charge in [0.15, 0.2) is 6.10 Å². The number of sulfonamides is 1. The first-order chi connectivity index (χ1) is 13.7. The van der Waals surface area contributed by atoms with Gasteiger partial charge in [-0.15, -0.1) is 0 Å². The summed E-state index contributed by atoms with van der Waals surface area (Å²) in [5.41, 5.74) is 0.434. The molecule has 2 rings (SSSR count). The minimum Gasteiger partial charge on any atom is -0.506 e. The highest BCUT2D eigenvalue weighted by Gasteiger charge is 2.24. The topological polar surface area (TPSA) is 120 Å². The van der Waals surface area contributed by atoms with Crippen LogP contribution in [0, 0.1) is 11.3 Å². The number of hydrogen-bond donors (Lipinski definition) is 2. The number of hydrogen-bond acceptors (Lipinski definition) is 6. The molecule has 1 atom stereocenters. The van der Waals surface area contributed by atoms with Crippen molar-refractivity contribution in [3.8, 4) is 17.6 Å². The quantitative estimate of drug-likeness (QED) is 0.637. The number of nitriles is 1. The van der Waals surface area contributed by atoms with Crippen molar-refractivity contribution in [2.24, 2.45) is 0 Å². The van der Waals surface area contributed by atoms with Gasteiger partial charge in [-0.3, -0.25) is 4.79 Å². The second-order valence-corrected chi connectivity index (χ2v) is 8.09. The number of phenols is 1. The lowest BCUT2D eigenvalue weighted by Crippen LogP contribution is -2.31.